The predicted octanol–water partition coefficient (Wildman–Crippen LogP) is 1.89. The molecule has 1 amide bonds. The third-order valence-corrected chi connectivity index (χ3v) is 3.28. The third-order valence-electron chi connectivity index (χ3n) is 2.32. The van der Waals surface area contributed by atoms with Crippen LogP contribution in [0.4, 0.5) is 5.82 Å². The maximum atomic E-state index is 11.7. The second-order valence-electron chi connectivity index (χ2n) is 4.27. The fraction of sp³-hybridized carbons (Fsp3) is 0.455. The van der Waals surface area contributed by atoms with E-state index < -0.39 is 0 Å². The van der Waals surface area contributed by atoms with Crippen molar-refractivity contribution in [2.45, 2.75) is 32.0 Å². The highest BCUT2D eigenvalue weighted by molar-refractivity contribution is 7.99. The Bertz CT molecular complexity index is 563. The molecule has 0 saturated carbocycles. The Balaban J connectivity index is 1.88. The van der Waals surface area contributed by atoms with Crippen LogP contribution >= 0.6 is 11.8 Å². The van der Waals surface area contributed by atoms with Crippen molar-refractivity contribution in [2.24, 2.45) is 0 Å². The first-order valence-electron chi connectivity index (χ1n) is 5.81. The van der Waals surface area contributed by atoms with Crippen LogP contribution in [0.1, 0.15) is 25.6 Å². The van der Waals surface area contributed by atoms with Gasteiger partial charge in [0.25, 0.3) is 0 Å². The van der Waals surface area contributed by atoms with Gasteiger partial charge >= 0.3 is 0 Å². The molecule has 0 fully saturated rings. The van der Waals surface area contributed by atoms with Gasteiger partial charge in [-0.3, -0.25) is 4.79 Å². The molecule has 102 valence electrons. The number of aryl methyl sites for hydroxylation is 1. The van der Waals surface area contributed by atoms with E-state index in [2.05, 4.69) is 20.7 Å². The summed E-state index contributed by atoms with van der Waals surface area (Å²) < 4.78 is 6.78. The van der Waals surface area contributed by atoms with E-state index in [1.807, 2.05) is 18.4 Å². The second kappa shape index (κ2) is 5.87. The number of aromatic nitrogens is 4. The minimum atomic E-state index is -0.156. The summed E-state index contributed by atoms with van der Waals surface area (Å²) in [5.41, 5.74) is 0. The van der Waals surface area contributed by atoms with E-state index in [0.717, 1.165) is 5.16 Å². The van der Waals surface area contributed by atoms with Gasteiger partial charge in [-0.05, 0) is 20.8 Å². The molecule has 8 heteroatoms. The highest BCUT2D eigenvalue weighted by Crippen LogP contribution is 2.19. The van der Waals surface area contributed by atoms with E-state index in [9.17, 15) is 4.79 Å². The van der Waals surface area contributed by atoms with Gasteiger partial charge in [-0.2, -0.15) is 0 Å². The van der Waals surface area contributed by atoms with Gasteiger partial charge in [-0.15, -0.1) is 10.2 Å². The number of nitrogens with one attached hydrogen (secondary N) is 1. The maximum Gasteiger partial charge on any atom is 0.236 e. The van der Waals surface area contributed by atoms with Crippen molar-refractivity contribution >= 4 is 23.5 Å². The SMILES string of the molecule is Cc1cc(NC(=O)CSc2nncn2C(C)C)no1. The van der Waals surface area contributed by atoms with Gasteiger partial charge in [0.05, 0.1) is 5.75 Å². The Morgan fingerprint density at radius 3 is 3.00 bits per heavy atom. The number of amides is 1. The summed E-state index contributed by atoms with van der Waals surface area (Å²) in [5.74, 6) is 1.17. The molecule has 0 aromatic carbocycles. The fourth-order valence-electron chi connectivity index (χ4n) is 1.42. The molecule has 2 rings (SSSR count). The summed E-state index contributed by atoms with van der Waals surface area (Å²) in [6, 6.07) is 1.93. The molecule has 0 unspecified atom stereocenters. The van der Waals surface area contributed by atoms with Crippen molar-refractivity contribution in [2.75, 3.05) is 11.1 Å². The maximum absolute atomic E-state index is 11.7. The van der Waals surface area contributed by atoms with Crippen molar-refractivity contribution in [1.82, 2.24) is 19.9 Å². The number of nitrogens with zero attached hydrogens (tertiary/aromatic N) is 4. The lowest BCUT2D eigenvalue weighted by Gasteiger charge is -2.08. The van der Waals surface area contributed by atoms with Gasteiger partial charge < -0.3 is 14.4 Å². The second-order valence-corrected chi connectivity index (χ2v) is 5.22. The van der Waals surface area contributed by atoms with Crippen LogP contribution < -0.4 is 5.32 Å². The number of anilines is 1. The largest absolute Gasteiger partial charge is 0.360 e. The van der Waals surface area contributed by atoms with Gasteiger partial charge in [0.15, 0.2) is 11.0 Å². The number of carbonyl (C=O) groups excluding carboxylic acids is 1. The first-order valence-corrected chi connectivity index (χ1v) is 6.80. The minimum Gasteiger partial charge on any atom is -0.360 e. The van der Waals surface area contributed by atoms with Crippen molar-refractivity contribution in [3.8, 4) is 0 Å². The Hall–Kier alpha value is -1.83. The monoisotopic (exact) mass is 281 g/mol. The third kappa shape index (κ3) is 3.57. The van der Waals surface area contributed by atoms with E-state index in [4.69, 9.17) is 4.52 Å². The van der Waals surface area contributed by atoms with Gasteiger partial charge in [0.2, 0.25) is 5.91 Å². The average Bonchev–Trinajstić information content (AvgIpc) is 2.95. The molecular formula is C11H15N5O2S. The average molecular weight is 281 g/mol. The lowest BCUT2D eigenvalue weighted by molar-refractivity contribution is -0.113. The van der Waals surface area contributed by atoms with E-state index in [-0.39, 0.29) is 17.7 Å². The molecule has 2 aromatic rings. The highest BCUT2D eigenvalue weighted by atomic mass is 32.2. The normalized spacial score (nSPS) is 10.9. The van der Waals surface area contributed by atoms with Crippen LogP contribution in [0, 0.1) is 6.92 Å². The summed E-state index contributed by atoms with van der Waals surface area (Å²) in [6.45, 7) is 5.83. The Morgan fingerprint density at radius 1 is 1.58 bits per heavy atom. The summed E-state index contributed by atoms with van der Waals surface area (Å²) in [6.07, 6.45) is 1.66. The van der Waals surface area contributed by atoms with E-state index in [0.29, 0.717) is 11.6 Å². The first kappa shape index (κ1) is 13.6. The highest BCUT2D eigenvalue weighted by Gasteiger charge is 2.11. The quantitative estimate of drug-likeness (QED) is 0.842. The summed E-state index contributed by atoms with van der Waals surface area (Å²) in [4.78, 5) is 11.7. The molecule has 0 saturated heterocycles. The van der Waals surface area contributed by atoms with E-state index >= 15 is 0 Å². The smallest absolute Gasteiger partial charge is 0.236 e. The molecule has 0 atom stereocenters. The Kier molecular flexibility index (Phi) is 4.20. The van der Waals surface area contributed by atoms with Crippen LogP contribution in [-0.2, 0) is 4.79 Å². The van der Waals surface area contributed by atoms with Crippen LogP contribution in [0.15, 0.2) is 22.1 Å². The van der Waals surface area contributed by atoms with Crippen molar-refractivity contribution in [1.29, 1.82) is 0 Å². The Labute approximate surface area is 114 Å². The Morgan fingerprint density at radius 2 is 2.37 bits per heavy atom. The number of rotatable bonds is 5. The number of hydrogen-bond acceptors (Lipinski definition) is 6. The molecule has 0 aliphatic rings. The summed E-state index contributed by atoms with van der Waals surface area (Å²) >= 11 is 1.34. The molecule has 0 spiro atoms. The van der Waals surface area contributed by atoms with Crippen LogP contribution in [-0.4, -0.2) is 31.6 Å². The zero-order valence-electron chi connectivity index (χ0n) is 11.0. The summed E-state index contributed by atoms with van der Waals surface area (Å²) in [7, 11) is 0. The van der Waals surface area contributed by atoms with Crippen LogP contribution in [0.25, 0.3) is 0 Å². The van der Waals surface area contributed by atoms with Crippen LogP contribution in [0.3, 0.4) is 0 Å². The fourth-order valence-corrected chi connectivity index (χ4v) is 2.27. The number of thioether (sulfide) groups is 1. The van der Waals surface area contributed by atoms with Gasteiger partial charge in [-0.25, -0.2) is 0 Å². The van der Waals surface area contributed by atoms with Crippen molar-refractivity contribution in [3.63, 3.8) is 0 Å². The van der Waals surface area contributed by atoms with Crippen molar-refractivity contribution in [3.05, 3.63) is 18.2 Å². The van der Waals surface area contributed by atoms with Crippen molar-refractivity contribution < 1.29 is 9.32 Å². The van der Waals surface area contributed by atoms with Gasteiger partial charge in [0.1, 0.15) is 12.1 Å². The van der Waals surface area contributed by atoms with Gasteiger partial charge in [-0.1, -0.05) is 16.9 Å². The molecule has 0 aliphatic heterocycles. The molecular weight excluding hydrogens is 266 g/mol. The molecule has 2 aromatic heterocycles. The first-order chi connectivity index (χ1) is 9.06. The molecule has 1 N–H and O–H groups in total. The molecule has 0 radical (unpaired) electrons. The number of hydrogen-bond donors (Lipinski definition) is 1. The molecule has 0 aliphatic carbocycles. The zero-order valence-corrected chi connectivity index (χ0v) is 11.8. The van der Waals surface area contributed by atoms with Crippen LogP contribution in [0.2, 0.25) is 0 Å². The van der Waals surface area contributed by atoms with E-state index in [1.165, 1.54) is 11.8 Å². The van der Waals surface area contributed by atoms with Crippen LogP contribution in [0.5, 0.6) is 0 Å². The summed E-state index contributed by atoms with van der Waals surface area (Å²) in [5, 5.41) is 14.9. The molecule has 0 bridgehead atoms. The zero-order chi connectivity index (χ0) is 13.8. The molecule has 2 heterocycles. The lowest BCUT2D eigenvalue weighted by Crippen LogP contribution is -2.15. The molecule has 19 heavy (non-hydrogen) atoms. The molecule has 7 nitrogen and oxygen atoms in total. The standard InChI is InChI=1S/C11H15N5O2S/c1-7(2)16-6-12-14-11(16)19-5-10(17)13-9-4-8(3)18-15-9/h4,6-7H,5H2,1-3H3,(H,13,15,17). The topological polar surface area (TPSA) is 85.8 Å². The van der Waals surface area contributed by atoms with E-state index in [1.54, 1.807) is 19.3 Å². The lowest BCUT2D eigenvalue weighted by atomic mass is 10.4. The predicted molar refractivity (Wildman–Crippen MR) is 71.0 cm³/mol. The number of carbonyl (C=O) groups is 1. The minimum absolute atomic E-state index is 0.156. The van der Waals surface area contributed by atoms with Gasteiger partial charge in [0, 0.05) is 12.1 Å².